The molecule has 2 rings (SSSR count). The van der Waals surface area contributed by atoms with Crippen molar-refractivity contribution in [2.45, 2.75) is 24.7 Å². The van der Waals surface area contributed by atoms with Gasteiger partial charge in [0.25, 0.3) is 0 Å². The molecule has 1 aliphatic carbocycles. The first-order valence-corrected chi connectivity index (χ1v) is 4.99. The molecule has 14 heavy (non-hydrogen) atoms. The number of rotatable bonds is 2. The van der Waals surface area contributed by atoms with Crippen molar-refractivity contribution in [1.29, 1.82) is 0 Å². The van der Waals surface area contributed by atoms with Crippen molar-refractivity contribution in [3.63, 3.8) is 0 Å². The fraction of sp³-hybridized carbons (Fsp3) is 0.385. The molecule has 1 fully saturated rings. The van der Waals surface area contributed by atoms with Crippen LogP contribution in [0, 0.1) is 12.3 Å². The standard InChI is InChI=1S/C13H14O/c1-2-11-4-6-12(7-5-11)13(10-14)8-3-9-13/h1,4-7,14H,3,8-10H2. The Morgan fingerprint density at radius 3 is 2.29 bits per heavy atom. The Hall–Kier alpha value is -1.26. The van der Waals surface area contributed by atoms with Crippen LogP contribution in [-0.4, -0.2) is 11.7 Å². The van der Waals surface area contributed by atoms with E-state index in [1.807, 2.05) is 24.3 Å². The van der Waals surface area contributed by atoms with Crippen LogP contribution in [0.5, 0.6) is 0 Å². The summed E-state index contributed by atoms with van der Waals surface area (Å²) in [6, 6.07) is 7.99. The zero-order valence-corrected chi connectivity index (χ0v) is 8.16. The van der Waals surface area contributed by atoms with Crippen LogP contribution in [-0.2, 0) is 5.41 Å². The molecular weight excluding hydrogens is 172 g/mol. The maximum Gasteiger partial charge on any atom is 0.0527 e. The van der Waals surface area contributed by atoms with Gasteiger partial charge in [-0.15, -0.1) is 6.42 Å². The van der Waals surface area contributed by atoms with E-state index in [0.29, 0.717) is 0 Å². The molecule has 1 aromatic rings. The lowest BCUT2D eigenvalue weighted by Crippen LogP contribution is -2.37. The molecule has 1 aromatic carbocycles. The smallest absolute Gasteiger partial charge is 0.0527 e. The number of benzene rings is 1. The number of hydrogen-bond donors (Lipinski definition) is 1. The van der Waals surface area contributed by atoms with Crippen LogP contribution in [0.25, 0.3) is 0 Å². The molecule has 1 heteroatoms. The van der Waals surface area contributed by atoms with Crippen LogP contribution < -0.4 is 0 Å². The van der Waals surface area contributed by atoms with Crippen LogP contribution in [0.4, 0.5) is 0 Å². The van der Waals surface area contributed by atoms with E-state index in [1.54, 1.807) is 0 Å². The van der Waals surface area contributed by atoms with Crippen LogP contribution >= 0.6 is 0 Å². The van der Waals surface area contributed by atoms with Gasteiger partial charge in [0.15, 0.2) is 0 Å². The zero-order chi connectivity index (χ0) is 10.0. The molecule has 1 nitrogen and oxygen atoms in total. The SMILES string of the molecule is C#Cc1ccc(C2(CO)CCC2)cc1. The van der Waals surface area contributed by atoms with Gasteiger partial charge in [-0.1, -0.05) is 24.5 Å². The molecule has 0 saturated heterocycles. The van der Waals surface area contributed by atoms with Crippen molar-refractivity contribution in [3.05, 3.63) is 35.4 Å². The molecule has 1 saturated carbocycles. The van der Waals surface area contributed by atoms with E-state index in [2.05, 4.69) is 5.92 Å². The van der Waals surface area contributed by atoms with Crippen LogP contribution in [0.2, 0.25) is 0 Å². The Kier molecular flexibility index (Phi) is 2.31. The third-order valence-electron chi connectivity index (χ3n) is 3.28. The molecule has 0 amide bonds. The van der Waals surface area contributed by atoms with E-state index < -0.39 is 0 Å². The van der Waals surface area contributed by atoms with Crippen molar-refractivity contribution < 1.29 is 5.11 Å². The predicted octanol–water partition coefficient (Wildman–Crippen LogP) is 2.08. The van der Waals surface area contributed by atoms with Gasteiger partial charge in [0.2, 0.25) is 0 Å². The fourth-order valence-electron chi connectivity index (χ4n) is 2.06. The quantitative estimate of drug-likeness (QED) is 0.701. The average molecular weight is 186 g/mol. The molecule has 0 aliphatic heterocycles. The average Bonchev–Trinajstić information content (AvgIpc) is 2.18. The Morgan fingerprint density at radius 1 is 1.29 bits per heavy atom. The van der Waals surface area contributed by atoms with Gasteiger partial charge in [0.1, 0.15) is 0 Å². The first-order chi connectivity index (χ1) is 6.80. The monoisotopic (exact) mass is 186 g/mol. The molecule has 1 N–H and O–H groups in total. The highest BCUT2D eigenvalue weighted by Gasteiger charge is 2.37. The molecule has 0 atom stereocenters. The number of terminal acetylenes is 1. The normalized spacial score (nSPS) is 18.3. The van der Waals surface area contributed by atoms with Gasteiger partial charge in [0, 0.05) is 11.0 Å². The summed E-state index contributed by atoms with van der Waals surface area (Å²) < 4.78 is 0. The second-order valence-electron chi connectivity index (χ2n) is 4.01. The van der Waals surface area contributed by atoms with E-state index >= 15 is 0 Å². The van der Waals surface area contributed by atoms with Gasteiger partial charge in [0.05, 0.1) is 6.61 Å². The lowest BCUT2D eigenvalue weighted by molar-refractivity contribution is 0.120. The Labute approximate surface area is 84.8 Å². The minimum Gasteiger partial charge on any atom is -0.395 e. The van der Waals surface area contributed by atoms with Crippen LogP contribution in [0.3, 0.4) is 0 Å². The van der Waals surface area contributed by atoms with E-state index in [1.165, 1.54) is 12.0 Å². The summed E-state index contributed by atoms with van der Waals surface area (Å²) in [7, 11) is 0. The molecule has 72 valence electrons. The second-order valence-corrected chi connectivity index (χ2v) is 4.01. The maximum absolute atomic E-state index is 9.38. The van der Waals surface area contributed by atoms with Gasteiger partial charge >= 0.3 is 0 Å². The third kappa shape index (κ3) is 1.32. The minimum absolute atomic E-state index is 0.0348. The lowest BCUT2D eigenvalue weighted by Gasteiger charge is -2.40. The Balaban J connectivity index is 2.29. The van der Waals surface area contributed by atoms with Crippen molar-refractivity contribution in [3.8, 4) is 12.3 Å². The van der Waals surface area contributed by atoms with E-state index in [-0.39, 0.29) is 12.0 Å². The topological polar surface area (TPSA) is 20.2 Å². The molecule has 0 aromatic heterocycles. The van der Waals surface area contributed by atoms with Gasteiger partial charge in [-0.2, -0.15) is 0 Å². The molecule has 0 spiro atoms. The summed E-state index contributed by atoms with van der Waals surface area (Å²) in [5, 5.41) is 9.38. The molecular formula is C13H14O. The summed E-state index contributed by atoms with van der Waals surface area (Å²) in [5.41, 5.74) is 2.17. The van der Waals surface area contributed by atoms with Crippen molar-refractivity contribution in [2.75, 3.05) is 6.61 Å². The first kappa shape index (κ1) is 9.30. The maximum atomic E-state index is 9.38. The van der Waals surface area contributed by atoms with Gasteiger partial charge in [-0.05, 0) is 30.5 Å². The Bertz CT molecular complexity index is 346. The summed E-state index contributed by atoms with van der Waals surface area (Å²) in [4.78, 5) is 0. The van der Waals surface area contributed by atoms with Crippen molar-refractivity contribution >= 4 is 0 Å². The van der Waals surface area contributed by atoms with Gasteiger partial charge in [-0.3, -0.25) is 0 Å². The largest absolute Gasteiger partial charge is 0.395 e. The summed E-state index contributed by atoms with van der Waals surface area (Å²) in [6.45, 7) is 0.252. The van der Waals surface area contributed by atoms with E-state index in [9.17, 15) is 5.11 Å². The third-order valence-corrected chi connectivity index (χ3v) is 3.28. The molecule has 0 radical (unpaired) electrons. The summed E-state index contributed by atoms with van der Waals surface area (Å²) >= 11 is 0. The highest BCUT2D eigenvalue weighted by molar-refractivity contribution is 5.37. The molecule has 0 heterocycles. The highest BCUT2D eigenvalue weighted by Crippen LogP contribution is 2.43. The minimum atomic E-state index is 0.0348. The lowest BCUT2D eigenvalue weighted by atomic mass is 9.65. The van der Waals surface area contributed by atoms with Crippen molar-refractivity contribution in [2.24, 2.45) is 0 Å². The number of aliphatic hydroxyl groups excluding tert-OH is 1. The molecule has 0 bridgehead atoms. The van der Waals surface area contributed by atoms with E-state index in [4.69, 9.17) is 6.42 Å². The molecule has 1 aliphatic rings. The van der Waals surface area contributed by atoms with Gasteiger partial charge < -0.3 is 5.11 Å². The van der Waals surface area contributed by atoms with Crippen molar-refractivity contribution in [1.82, 2.24) is 0 Å². The second kappa shape index (κ2) is 3.48. The Morgan fingerprint density at radius 2 is 1.93 bits per heavy atom. The fourth-order valence-corrected chi connectivity index (χ4v) is 2.06. The molecule has 0 unspecified atom stereocenters. The highest BCUT2D eigenvalue weighted by atomic mass is 16.3. The summed E-state index contributed by atoms with van der Waals surface area (Å²) in [5.74, 6) is 2.60. The van der Waals surface area contributed by atoms with Crippen LogP contribution in [0.15, 0.2) is 24.3 Å². The first-order valence-electron chi connectivity index (χ1n) is 4.99. The summed E-state index contributed by atoms with van der Waals surface area (Å²) in [6.07, 6.45) is 8.70. The van der Waals surface area contributed by atoms with E-state index in [0.717, 1.165) is 18.4 Å². The predicted molar refractivity (Wildman–Crippen MR) is 57.0 cm³/mol. The van der Waals surface area contributed by atoms with Gasteiger partial charge in [-0.25, -0.2) is 0 Å². The zero-order valence-electron chi connectivity index (χ0n) is 8.16. The van der Waals surface area contributed by atoms with Crippen LogP contribution in [0.1, 0.15) is 30.4 Å². The number of hydrogen-bond acceptors (Lipinski definition) is 1. The number of aliphatic hydroxyl groups is 1.